The lowest BCUT2D eigenvalue weighted by molar-refractivity contribution is 0.105. The van der Waals surface area contributed by atoms with Crippen LogP contribution in [-0.4, -0.2) is 59.0 Å². The van der Waals surface area contributed by atoms with Crippen molar-refractivity contribution in [3.05, 3.63) is 0 Å². The normalized spacial score (nSPS) is 26.5. The summed E-state index contributed by atoms with van der Waals surface area (Å²) in [5.41, 5.74) is 0. The summed E-state index contributed by atoms with van der Waals surface area (Å²) in [6.07, 6.45) is 12.8. The van der Waals surface area contributed by atoms with Crippen LogP contribution in [0.25, 0.3) is 0 Å². The van der Waals surface area contributed by atoms with Crippen LogP contribution in [0.3, 0.4) is 0 Å². The third-order valence-electron chi connectivity index (χ3n) is 7.08. The van der Waals surface area contributed by atoms with E-state index in [-0.39, 0.29) is 27.6 Å². The minimum atomic E-state index is -3.63. The Labute approximate surface area is 189 Å². The SMILES string of the molecule is C[C@H]1CC[C@H](N(C(=O)Nc2nnc(S(=O)(=O)N3CCCCC3)s2)C2CCCCC2)CC1. The summed E-state index contributed by atoms with van der Waals surface area (Å²) in [6.45, 7) is 3.34. The maximum atomic E-state index is 13.3. The lowest BCUT2D eigenvalue weighted by Gasteiger charge is -2.42. The highest BCUT2D eigenvalue weighted by Gasteiger charge is 2.35. The molecule has 2 saturated carbocycles. The van der Waals surface area contributed by atoms with Gasteiger partial charge >= 0.3 is 6.03 Å². The first-order valence-electron chi connectivity index (χ1n) is 11.9. The number of nitrogens with one attached hydrogen (secondary N) is 1. The maximum Gasteiger partial charge on any atom is 0.324 e. The molecule has 0 aromatic carbocycles. The molecule has 2 amide bonds. The average molecular weight is 470 g/mol. The summed E-state index contributed by atoms with van der Waals surface area (Å²) in [7, 11) is -3.63. The van der Waals surface area contributed by atoms with Crippen LogP contribution in [0.5, 0.6) is 0 Å². The molecule has 8 nitrogen and oxygen atoms in total. The summed E-state index contributed by atoms with van der Waals surface area (Å²) in [6, 6.07) is 0.366. The van der Waals surface area contributed by atoms with Crippen LogP contribution in [0.1, 0.15) is 84.0 Å². The number of aromatic nitrogens is 2. The van der Waals surface area contributed by atoms with Crippen LogP contribution in [0, 0.1) is 5.92 Å². The molecule has 0 atom stereocenters. The summed E-state index contributed by atoms with van der Waals surface area (Å²) >= 11 is 0.962. The zero-order chi connectivity index (χ0) is 21.8. The summed E-state index contributed by atoms with van der Waals surface area (Å²) < 4.78 is 27.2. The van der Waals surface area contributed by atoms with Gasteiger partial charge in [0.05, 0.1) is 0 Å². The molecule has 2 heterocycles. The number of urea groups is 1. The van der Waals surface area contributed by atoms with E-state index in [2.05, 4.69) is 27.3 Å². The van der Waals surface area contributed by atoms with Crippen molar-refractivity contribution in [2.75, 3.05) is 18.4 Å². The molecule has 0 spiro atoms. The molecule has 4 rings (SSSR count). The van der Waals surface area contributed by atoms with Crippen LogP contribution in [-0.2, 0) is 10.0 Å². The molecule has 31 heavy (non-hydrogen) atoms. The Kier molecular flexibility index (Phi) is 7.48. The fraction of sp³-hybridized carbons (Fsp3) is 0.857. The lowest BCUT2D eigenvalue weighted by atomic mass is 9.84. The van der Waals surface area contributed by atoms with Crippen molar-refractivity contribution in [1.82, 2.24) is 19.4 Å². The van der Waals surface area contributed by atoms with Crippen LogP contribution in [0.15, 0.2) is 4.34 Å². The molecular formula is C21H35N5O3S2. The second-order valence-electron chi connectivity index (χ2n) is 9.38. The van der Waals surface area contributed by atoms with Gasteiger partial charge < -0.3 is 4.90 Å². The highest BCUT2D eigenvalue weighted by molar-refractivity contribution is 7.91. The number of rotatable bonds is 5. The number of sulfonamides is 1. The van der Waals surface area contributed by atoms with E-state index in [0.717, 1.165) is 87.9 Å². The number of carbonyl (C=O) groups is 1. The van der Waals surface area contributed by atoms with E-state index in [1.54, 1.807) is 0 Å². The largest absolute Gasteiger partial charge is 0.324 e. The topological polar surface area (TPSA) is 95.5 Å². The monoisotopic (exact) mass is 469 g/mol. The molecule has 174 valence electrons. The molecule has 1 N–H and O–H groups in total. The van der Waals surface area contributed by atoms with Crippen LogP contribution >= 0.6 is 11.3 Å². The highest BCUT2D eigenvalue weighted by atomic mass is 32.2. The molecule has 2 aliphatic carbocycles. The first-order chi connectivity index (χ1) is 14.9. The Morgan fingerprint density at radius 2 is 1.55 bits per heavy atom. The van der Waals surface area contributed by atoms with Gasteiger partial charge in [-0.15, -0.1) is 10.2 Å². The van der Waals surface area contributed by atoms with Crippen LogP contribution in [0.4, 0.5) is 9.93 Å². The van der Waals surface area contributed by atoms with E-state index >= 15 is 0 Å². The number of hydrogen-bond acceptors (Lipinski definition) is 6. The molecule has 0 unspecified atom stereocenters. The maximum absolute atomic E-state index is 13.3. The molecule has 3 fully saturated rings. The van der Waals surface area contributed by atoms with Crippen molar-refractivity contribution in [3.63, 3.8) is 0 Å². The van der Waals surface area contributed by atoms with Crippen molar-refractivity contribution in [2.24, 2.45) is 5.92 Å². The summed E-state index contributed by atoms with van der Waals surface area (Å²) in [5, 5.41) is 11.1. The molecule has 1 saturated heterocycles. The number of nitrogens with zero attached hydrogens (tertiary/aromatic N) is 4. The van der Waals surface area contributed by atoms with Crippen molar-refractivity contribution in [2.45, 2.75) is 100 Å². The molecule has 1 aliphatic heterocycles. The zero-order valence-electron chi connectivity index (χ0n) is 18.5. The zero-order valence-corrected chi connectivity index (χ0v) is 20.1. The standard InChI is InChI=1S/C21H35N5O3S2/c1-16-10-12-18(13-11-16)26(17-8-4-2-5-9-17)20(27)22-19-23-24-21(30-19)31(28,29)25-14-6-3-7-15-25/h16-18H,2-15H2,1H3,(H,22,23,27)/t16-,18-. The average Bonchev–Trinajstić information content (AvgIpc) is 3.26. The van der Waals surface area contributed by atoms with Gasteiger partial charge in [-0.2, -0.15) is 4.31 Å². The van der Waals surface area contributed by atoms with Gasteiger partial charge in [0, 0.05) is 25.2 Å². The van der Waals surface area contributed by atoms with Crippen LogP contribution < -0.4 is 5.32 Å². The van der Waals surface area contributed by atoms with Gasteiger partial charge in [0.15, 0.2) is 0 Å². The van der Waals surface area contributed by atoms with E-state index in [1.165, 1.54) is 10.7 Å². The van der Waals surface area contributed by atoms with Crippen LogP contribution in [0.2, 0.25) is 0 Å². The number of carbonyl (C=O) groups excluding carboxylic acids is 1. The number of anilines is 1. The molecule has 0 bridgehead atoms. The van der Waals surface area contributed by atoms with E-state index in [1.807, 2.05) is 0 Å². The fourth-order valence-electron chi connectivity index (χ4n) is 5.25. The first kappa shape index (κ1) is 22.9. The molecule has 10 heteroatoms. The first-order valence-corrected chi connectivity index (χ1v) is 14.1. The van der Waals surface area contributed by atoms with Crippen molar-refractivity contribution in [3.8, 4) is 0 Å². The van der Waals surface area contributed by atoms with Crippen molar-refractivity contribution in [1.29, 1.82) is 0 Å². The lowest BCUT2D eigenvalue weighted by Crippen LogP contribution is -2.51. The Balaban J connectivity index is 1.47. The van der Waals surface area contributed by atoms with E-state index in [0.29, 0.717) is 13.1 Å². The van der Waals surface area contributed by atoms with Crippen molar-refractivity contribution < 1.29 is 13.2 Å². The predicted molar refractivity (Wildman–Crippen MR) is 122 cm³/mol. The number of hydrogen-bond donors (Lipinski definition) is 1. The van der Waals surface area contributed by atoms with E-state index < -0.39 is 10.0 Å². The van der Waals surface area contributed by atoms with Crippen molar-refractivity contribution >= 4 is 32.5 Å². The van der Waals surface area contributed by atoms with Gasteiger partial charge in [-0.25, -0.2) is 13.2 Å². The second-order valence-corrected chi connectivity index (χ2v) is 12.5. The molecular weight excluding hydrogens is 434 g/mol. The van der Waals surface area contributed by atoms with Gasteiger partial charge in [0.2, 0.25) is 9.47 Å². The Hall–Kier alpha value is -1.26. The minimum Gasteiger partial charge on any atom is -0.319 e. The van der Waals surface area contributed by atoms with Gasteiger partial charge in [0.1, 0.15) is 0 Å². The Bertz CT molecular complexity index is 839. The molecule has 1 aromatic rings. The second kappa shape index (κ2) is 10.1. The molecule has 1 aromatic heterocycles. The smallest absolute Gasteiger partial charge is 0.319 e. The van der Waals surface area contributed by atoms with Gasteiger partial charge in [-0.05, 0) is 57.3 Å². The number of piperidine rings is 1. The van der Waals surface area contributed by atoms with E-state index in [9.17, 15) is 13.2 Å². The third kappa shape index (κ3) is 5.39. The Morgan fingerprint density at radius 1 is 0.935 bits per heavy atom. The summed E-state index contributed by atoms with van der Waals surface area (Å²) in [4.78, 5) is 15.4. The van der Waals surface area contributed by atoms with Gasteiger partial charge in [-0.3, -0.25) is 5.32 Å². The Morgan fingerprint density at radius 3 is 2.23 bits per heavy atom. The summed E-state index contributed by atoms with van der Waals surface area (Å²) in [5.74, 6) is 0.721. The minimum absolute atomic E-state index is 0.0274. The molecule has 3 aliphatic rings. The quantitative estimate of drug-likeness (QED) is 0.643. The van der Waals surface area contributed by atoms with Gasteiger partial charge in [0.25, 0.3) is 10.0 Å². The van der Waals surface area contributed by atoms with E-state index in [4.69, 9.17) is 0 Å². The molecule has 0 radical (unpaired) electrons. The predicted octanol–water partition coefficient (Wildman–Crippen LogP) is 4.46. The third-order valence-corrected chi connectivity index (χ3v) is 10.2. The fourth-order valence-corrected chi connectivity index (χ4v) is 7.79. The van der Waals surface area contributed by atoms with Gasteiger partial charge in [-0.1, -0.05) is 43.9 Å². The highest BCUT2D eigenvalue weighted by Crippen LogP contribution is 2.33. The number of amides is 2.